The van der Waals surface area contributed by atoms with Crippen LogP contribution in [0.4, 0.5) is 5.69 Å². The molecule has 0 fully saturated rings. The Hall–Kier alpha value is -2.17. The van der Waals surface area contributed by atoms with Gasteiger partial charge in [0.2, 0.25) is 5.91 Å². The summed E-state index contributed by atoms with van der Waals surface area (Å²) in [5, 5.41) is 11.9. The lowest BCUT2D eigenvalue weighted by Gasteiger charge is -2.12. The van der Waals surface area contributed by atoms with Crippen molar-refractivity contribution in [3.05, 3.63) is 29.6 Å². The van der Waals surface area contributed by atoms with Gasteiger partial charge in [-0.25, -0.2) is 0 Å². The van der Waals surface area contributed by atoms with Crippen LogP contribution in [0.15, 0.2) is 18.2 Å². The summed E-state index contributed by atoms with van der Waals surface area (Å²) in [7, 11) is 0. The van der Waals surface area contributed by atoms with Gasteiger partial charge in [-0.05, 0) is 43.7 Å². The number of rotatable bonds is 5. The maximum atomic E-state index is 12.2. The smallest absolute Gasteiger partial charge is 0.224 e. The third-order valence-electron chi connectivity index (χ3n) is 4.83. The highest BCUT2D eigenvalue weighted by molar-refractivity contribution is 5.92. The number of nitrogens with one attached hydrogen (secondary N) is 1. The SMILES string of the molecule is Cc1ccc(-c2nnc3n2CCCCC3)cc1NC(=O)CCC(C)C. The summed E-state index contributed by atoms with van der Waals surface area (Å²) in [6.07, 6.45) is 6.06. The first-order valence-corrected chi connectivity index (χ1v) is 9.37. The molecule has 2 aromatic rings. The molecule has 1 aliphatic rings. The van der Waals surface area contributed by atoms with Crippen LogP contribution in [-0.2, 0) is 17.8 Å². The van der Waals surface area contributed by atoms with Crippen LogP contribution in [0.1, 0.15) is 57.3 Å². The van der Waals surface area contributed by atoms with Crippen LogP contribution in [0, 0.1) is 12.8 Å². The molecule has 2 heterocycles. The second-order valence-electron chi connectivity index (χ2n) is 7.41. The lowest BCUT2D eigenvalue weighted by atomic mass is 10.1. The number of aryl methyl sites for hydroxylation is 2. The molecule has 0 aliphatic carbocycles. The summed E-state index contributed by atoms with van der Waals surface area (Å²) in [5.74, 6) is 2.60. The third-order valence-corrected chi connectivity index (χ3v) is 4.83. The van der Waals surface area contributed by atoms with Gasteiger partial charge in [0.1, 0.15) is 5.82 Å². The number of fused-ring (bicyclic) bond motifs is 1. The zero-order valence-corrected chi connectivity index (χ0v) is 15.5. The number of hydrogen-bond donors (Lipinski definition) is 1. The van der Waals surface area contributed by atoms with E-state index < -0.39 is 0 Å². The van der Waals surface area contributed by atoms with E-state index in [1.54, 1.807) is 0 Å². The van der Waals surface area contributed by atoms with Crippen LogP contribution in [0.3, 0.4) is 0 Å². The molecule has 0 atom stereocenters. The molecule has 5 nitrogen and oxygen atoms in total. The monoisotopic (exact) mass is 340 g/mol. The first-order chi connectivity index (χ1) is 12.0. The number of carbonyl (C=O) groups is 1. The molecule has 1 amide bonds. The minimum Gasteiger partial charge on any atom is -0.326 e. The second-order valence-corrected chi connectivity index (χ2v) is 7.41. The normalized spacial score (nSPS) is 14.2. The number of anilines is 1. The highest BCUT2D eigenvalue weighted by atomic mass is 16.1. The Kier molecular flexibility index (Phi) is 5.51. The van der Waals surface area contributed by atoms with Gasteiger partial charge < -0.3 is 9.88 Å². The molecular weight excluding hydrogens is 312 g/mol. The van der Waals surface area contributed by atoms with Crippen molar-refractivity contribution in [3.8, 4) is 11.4 Å². The minimum atomic E-state index is 0.0778. The van der Waals surface area contributed by atoms with Crippen molar-refractivity contribution in [1.29, 1.82) is 0 Å². The lowest BCUT2D eigenvalue weighted by Crippen LogP contribution is -2.13. The number of aromatic nitrogens is 3. The molecule has 0 saturated heterocycles. The lowest BCUT2D eigenvalue weighted by molar-refractivity contribution is -0.116. The van der Waals surface area contributed by atoms with Gasteiger partial charge in [0.25, 0.3) is 0 Å². The Morgan fingerprint density at radius 3 is 2.88 bits per heavy atom. The molecule has 25 heavy (non-hydrogen) atoms. The Balaban J connectivity index is 1.82. The molecule has 1 aliphatic heterocycles. The zero-order valence-electron chi connectivity index (χ0n) is 15.5. The summed E-state index contributed by atoms with van der Waals surface area (Å²) in [6, 6.07) is 6.15. The molecule has 134 valence electrons. The quantitative estimate of drug-likeness (QED) is 0.880. The minimum absolute atomic E-state index is 0.0778. The van der Waals surface area contributed by atoms with Crippen LogP contribution in [0.25, 0.3) is 11.4 Å². The largest absolute Gasteiger partial charge is 0.326 e. The number of nitrogens with zero attached hydrogens (tertiary/aromatic N) is 3. The van der Waals surface area contributed by atoms with E-state index in [0.717, 1.165) is 47.8 Å². The topological polar surface area (TPSA) is 59.8 Å². The zero-order chi connectivity index (χ0) is 17.8. The Morgan fingerprint density at radius 1 is 1.24 bits per heavy atom. The Bertz CT molecular complexity index is 748. The van der Waals surface area contributed by atoms with Gasteiger partial charge in [0, 0.05) is 30.6 Å². The van der Waals surface area contributed by atoms with Crippen molar-refractivity contribution in [2.75, 3.05) is 5.32 Å². The second kappa shape index (κ2) is 7.81. The van der Waals surface area contributed by atoms with E-state index in [1.807, 2.05) is 19.1 Å². The molecule has 1 N–H and O–H groups in total. The van der Waals surface area contributed by atoms with E-state index in [2.05, 4.69) is 40.0 Å². The average Bonchev–Trinajstić information content (AvgIpc) is 2.83. The summed E-state index contributed by atoms with van der Waals surface area (Å²) in [6.45, 7) is 7.26. The fourth-order valence-corrected chi connectivity index (χ4v) is 3.23. The summed E-state index contributed by atoms with van der Waals surface area (Å²) in [4.78, 5) is 12.2. The van der Waals surface area contributed by atoms with Crippen LogP contribution in [0.5, 0.6) is 0 Å². The van der Waals surface area contributed by atoms with E-state index in [1.165, 1.54) is 19.3 Å². The fraction of sp³-hybridized carbons (Fsp3) is 0.550. The maximum absolute atomic E-state index is 12.2. The van der Waals surface area contributed by atoms with Gasteiger partial charge in [0.15, 0.2) is 5.82 Å². The first kappa shape index (κ1) is 17.6. The van der Waals surface area contributed by atoms with Crippen molar-refractivity contribution in [3.63, 3.8) is 0 Å². The Labute approximate surface area is 149 Å². The van der Waals surface area contributed by atoms with Gasteiger partial charge in [0.05, 0.1) is 0 Å². The fourth-order valence-electron chi connectivity index (χ4n) is 3.23. The van der Waals surface area contributed by atoms with E-state index in [-0.39, 0.29) is 5.91 Å². The van der Waals surface area contributed by atoms with E-state index in [0.29, 0.717) is 12.3 Å². The van der Waals surface area contributed by atoms with Crippen LogP contribution >= 0.6 is 0 Å². The molecular formula is C20H28N4O. The predicted molar refractivity (Wildman–Crippen MR) is 100 cm³/mol. The molecule has 1 aromatic heterocycles. The van der Waals surface area contributed by atoms with Crippen molar-refractivity contribution >= 4 is 11.6 Å². The van der Waals surface area contributed by atoms with Crippen LogP contribution in [0.2, 0.25) is 0 Å². The molecule has 0 bridgehead atoms. The van der Waals surface area contributed by atoms with Crippen molar-refractivity contribution in [1.82, 2.24) is 14.8 Å². The molecule has 3 rings (SSSR count). The van der Waals surface area contributed by atoms with Gasteiger partial charge >= 0.3 is 0 Å². The highest BCUT2D eigenvalue weighted by Crippen LogP contribution is 2.27. The van der Waals surface area contributed by atoms with Gasteiger partial charge in [-0.3, -0.25) is 4.79 Å². The molecule has 1 aromatic carbocycles. The molecule has 0 saturated carbocycles. The molecule has 0 unspecified atom stereocenters. The van der Waals surface area contributed by atoms with Crippen LogP contribution in [-0.4, -0.2) is 20.7 Å². The molecule has 0 radical (unpaired) electrons. The van der Waals surface area contributed by atoms with E-state index >= 15 is 0 Å². The highest BCUT2D eigenvalue weighted by Gasteiger charge is 2.17. The number of benzene rings is 1. The average molecular weight is 340 g/mol. The summed E-state index contributed by atoms with van der Waals surface area (Å²) >= 11 is 0. The maximum Gasteiger partial charge on any atom is 0.224 e. The van der Waals surface area contributed by atoms with Gasteiger partial charge in [-0.1, -0.05) is 32.4 Å². The number of amides is 1. The third kappa shape index (κ3) is 4.27. The van der Waals surface area contributed by atoms with E-state index in [9.17, 15) is 4.79 Å². The molecule has 0 spiro atoms. The Morgan fingerprint density at radius 2 is 2.08 bits per heavy atom. The standard InChI is InChI=1S/C20H28N4O/c1-14(2)8-11-19(25)21-17-13-16(10-9-15(17)3)20-23-22-18-7-5-4-6-12-24(18)20/h9-10,13-14H,4-8,11-12H2,1-3H3,(H,21,25). The predicted octanol–water partition coefficient (Wildman–Crippen LogP) is 4.35. The van der Waals surface area contributed by atoms with Gasteiger partial charge in [-0.15, -0.1) is 10.2 Å². The summed E-state index contributed by atoms with van der Waals surface area (Å²) < 4.78 is 2.24. The van der Waals surface area contributed by atoms with Crippen LogP contribution < -0.4 is 5.32 Å². The number of hydrogen-bond acceptors (Lipinski definition) is 3. The molecule has 5 heteroatoms. The van der Waals surface area contributed by atoms with Gasteiger partial charge in [-0.2, -0.15) is 0 Å². The van der Waals surface area contributed by atoms with Crippen molar-refractivity contribution in [2.45, 2.75) is 65.8 Å². The van der Waals surface area contributed by atoms with Crippen molar-refractivity contribution < 1.29 is 4.79 Å². The van der Waals surface area contributed by atoms with E-state index in [4.69, 9.17) is 0 Å². The first-order valence-electron chi connectivity index (χ1n) is 9.37. The number of carbonyl (C=O) groups excluding carboxylic acids is 1. The van der Waals surface area contributed by atoms with Crippen molar-refractivity contribution in [2.24, 2.45) is 5.92 Å². The summed E-state index contributed by atoms with van der Waals surface area (Å²) in [5.41, 5.74) is 2.96.